The number of rotatable bonds is 6. The predicted octanol–water partition coefficient (Wildman–Crippen LogP) is 1.35. The third-order valence-electron chi connectivity index (χ3n) is 4.50. The third kappa shape index (κ3) is 3.06. The van der Waals surface area contributed by atoms with Gasteiger partial charge in [0.15, 0.2) is 0 Å². The fourth-order valence-corrected chi connectivity index (χ4v) is 2.77. The van der Waals surface area contributed by atoms with Crippen LogP contribution in [0.3, 0.4) is 0 Å². The molecule has 0 radical (unpaired) electrons. The summed E-state index contributed by atoms with van der Waals surface area (Å²) in [7, 11) is 0. The van der Waals surface area contributed by atoms with Gasteiger partial charge in [0.1, 0.15) is 6.04 Å². The lowest BCUT2D eigenvalue weighted by atomic mass is 9.64. The van der Waals surface area contributed by atoms with Crippen LogP contribution in [0.2, 0.25) is 0 Å². The zero-order chi connectivity index (χ0) is 14.9. The van der Waals surface area contributed by atoms with Crippen molar-refractivity contribution in [3.63, 3.8) is 0 Å². The zero-order valence-corrected chi connectivity index (χ0v) is 12.3. The van der Waals surface area contributed by atoms with Crippen molar-refractivity contribution in [2.45, 2.75) is 58.2 Å². The predicted molar refractivity (Wildman–Crippen MR) is 73.4 cm³/mol. The number of carbonyl (C=O) groups excluding carboxylic acids is 1. The fraction of sp³-hybridized carbons (Fsp3) is 0.857. The number of ether oxygens (including phenoxy) is 1. The Bertz CT molecular complexity index is 393. The van der Waals surface area contributed by atoms with E-state index in [4.69, 9.17) is 9.84 Å². The summed E-state index contributed by atoms with van der Waals surface area (Å²) in [6.45, 7) is 6.72. The van der Waals surface area contributed by atoms with E-state index in [1.165, 1.54) is 0 Å². The normalized spacial score (nSPS) is 29.1. The van der Waals surface area contributed by atoms with Gasteiger partial charge in [-0.1, -0.05) is 13.8 Å². The first-order valence-corrected chi connectivity index (χ1v) is 7.27. The van der Waals surface area contributed by atoms with Crippen LogP contribution in [0.25, 0.3) is 0 Å². The highest BCUT2D eigenvalue weighted by Gasteiger charge is 2.50. The Labute approximate surface area is 119 Å². The number of carboxylic acid groups (broad SMARTS) is 1. The Hall–Kier alpha value is -1.30. The summed E-state index contributed by atoms with van der Waals surface area (Å²) in [6.07, 6.45) is 2.67. The number of carbonyl (C=O) groups is 2. The smallest absolute Gasteiger partial charge is 0.326 e. The zero-order valence-electron chi connectivity index (χ0n) is 12.3. The second-order valence-corrected chi connectivity index (χ2v) is 6.32. The van der Waals surface area contributed by atoms with Gasteiger partial charge in [-0.25, -0.2) is 9.59 Å². The highest BCUT2D eigenvalue weighted by Crippen LogP contribution is 2.42. The fourth-order valence-electron chi connectivity index (χ4n) is 2.77. The molecule has 0 bridgehead atoms. The summed E-state index contributed by atoms with van der Waals surface area (Å²) in [5.41, 5.74) is -0.119. The maximum Gasteiger partial charge on any atom is 0.326 e. The van der Waals surface area contributed by atoms with Crippen LogP contribution in [0.1, 0.15) is 40.0 Å². The molecule has 2 amide bonds. The number of carboxylic acids is 1. The molecule has 20 heavy (non-hydrogen) atoms. The van der Waals surface area contributed by atoms with Crippen molar-refractivity contribution in [2.75, 3.05) is 6.61 Å². The molecule has 0 aromatic carbocycles. The standard InChI is InChI=1S/C14H24N2O4/c1-4-20-10-7-9(14(10,2)3)15-13(19)16-11(12(17)18)8-5-6-8/h8-11H,4-7H2,1-3H3,(H,17,18)(H2,15,16,19). The molecule has 3 N–H and O–H groups in total. The average Bonchev–Trinajstić information content (AvgIpc) is 3.18. The van der Waals surface area contributed by atoms with Crippen molar-refractivity contribution in [2.24, 2.45) is 11.3 Å². The number of nitrogens with one attached hydrogen (secondary N) is 2. The van der Waals surface area contributed by atoms with Crippen LogP contribution < -0.4 is 10.6 Å². The number of hydrogen-bond donors (Lipinski definition) is 3. The van der Waals surface area contributed by atoms with Gasteiger partial charge in [-0.05, 0) is 32.1 Å². The quantitative estimate of drug-likeness (QED) is 0.687. The molecule has 2 saturated carbocycles. The minimum Gasteiger partial charge on any atom is -0.480 e. The van der Waals surface area contributed by atoms with E-state index >= 15 is 0 Å². The van der Waals surface area contributed by atoms with Gasteiger partial charge in [0.25, 0.3) is 0 Å². The van der Waals surface area contributed by atoms with Gasteiger partial charge in [0, 0.05) is 18.1 Å². The highest BCUT2D eigenvalue weighted by atomic mass is 16.5. The van der Waals surface area contributed by atoms with Crippen LogP contribution in [-0.4, -0.2) is 41.9 Å². The molecule has 0 aromatic rings. The van der Waals surface area contributed by atoms with Gasteiger partial charge < -0.3 is 20.5 Å². The van der Waals surface area contributed by atoms with E-state index in [2.05, 4.69) is 24.5 Å². The topological polar surface area (TPSA) is 87.7 Å². The monoisotopic (exact) mass is 284 g/mol. The number of hydrogen-bond acceptors (Lipinski definition) is 3. The van der Waals surface area contributed by atoms with Crippen LogP contribution in [0.4, 0.5) is 4.79 Å². The molecule has 6 heteroatoms. The Morgan fingerprint density at radius 3 is 2.50 bits per heavy atom. The molecule has 2 fully saturated rings. The molecule has 114 valence electrons. The summed E-state index contributed by atoms with van der Waals surface area (Å²) in [5, 5.41) is 14.5. The van der Waals surface area contributed by atoms with E-state index in [1.807, 2.05) is 6.92 Å². The number of aliphatic carboxylic acids is 1. The summed E-state index contributed by atoms with van der Waals surface area (Å²) in [4.78, 5) is 23.0. The van der Waals surface area contributed by atoms with Crippen LogP contribution in [0.15, 0.2) is 0 Å². The Kier molecular flexibility index (Phi) is 4.22. The van der Waals surface area contributed by atoms with Crippen molar-refractivity contribution >= 4 is 12.0 Å². The van der Waals surface area contributed by atoms with Gasteiger partial charge in [-0.3, -0.25) is 0 Å². The maximum absolute atomic E-state index is 11.9. The van der Waals surface area contributed by atoms with E-state index < -0.39 is 18.0 Å². The lowest BCUT2D eigenvalue weighted by Crippen LogP contribution is -2.64. The van der Waals surface area contributed by atoms with Gasteiger partial charge in [0.05, 0.1) is 6.10 Å². The van der Waals surface area contributed by atoms with Crippen LogP contribution in [0, 0.1) is 11.3 Å². The van der Waals surface area contributed by atoms with Crippen molar-refractivity contribution in [1.82, 2.24) is 10.6 Å². The van der Waals surface area contributed by atoms with Gasteiger partial charge in [0.2, 0.25) is 0 Å². The van der Waals surface area contributed by atoms with Crippen molar-refractivity contribution < 1.29 is 19.4 Å². The van der Waals surface area contributed by atoms with E-state index in [0.29, 0.717) is 6.61 Å². The Morgan fingerprint density at radius 1 is 1.40 bits per heavy atom. The maximum atomic E-state index is 11.9. The van der Waals surface area contributed by atoms with Crippen molar-refractivity contribution in [1.29, 1.82) is 0 Å². The molecule has 0 spiro atoms. The SMILES string of the molecule is CCOC1CC(NC(=O)NC(C(=O)O)C2CC2)C1(C)C. The van der Waals surface area contributed by atoms with E-state index in [1.54, 1.807) is 0 Å². The first-order valence-electron chi connectivity index (χ1n) is 7.27. The van der Waals surface area contributed by atoms with Crippen LogP contribution in [0.5, 0.6) is 0 Å². The Morgan fingerprint density at radius 2 is 2.05 bits per heavy atom. The van der Waals surface area contributed by atoms with Gasteiger partial charge in [-0.2, -0.15) is 0 Å². The molecule has 0 aromatic heterocycles. The molecule has 2 aliphatic rings. The molecule has 0 saturated heterocycles. The van der Waals surface area contributed by atoms with Crippen LogP contribution in [-0.2, 0) is 9.53 Å². The van der Waals surface area contributed by atoms with Gasteiger partial charge in [-0.15, -0.1) is 0 Å². The van der Waals surface area contributed by atoms with E-state index in [9.17, 15) is 9.59 Å². The van der Waals surface area contributed by atoms with E-state index in [-0.39, 0.29) is 23.5 Å². The van der Waals surface area contributed by atoms with Crippen molar-refractivity contribution in [3.8, 4) is 0 Å². The van der Waals surface area contributed by atoms with Gasteiger partial charge >= 0.3 is 12.0 Å². The summed E-state index contributed by atoms with van der Waals surface area (Å²) in [5.74, 6) is -0.869. The molecule has 3 unspecified atom stereocenters. The summed E-state index contributed by atoms with van der Waals surface area (Å²) < 4.78 is 5.61. The molecule has 3 atom stereocenters. The first kappa shape index (κ1) is 15.1. The molecule has 6 nitrogen and oxygen atoms in total. The molecular weight excluding hydrogens is 260 g/mol. The van der Waals surface area contributed by atoms with E-state index in [0.717, 1.165) is 19.3 Å². The summed E-state index contributed by atoms with van der Waals surface area (Å²) in [6, 6.07) is -1.13. The molecule has 0 aliphatic heterocycles. The lowest BCUT2D eigenvalue weighted by molar-refractivity contribution is -0.139. The minimum absolute atomic E-state index is 0.0210. The number of amides is 2. The second-order valence-electron chi connectivity index (χ2n) is 6.32. The summed E-state index contributed by atoms with van der Waals surface area (Å²) >= 11 is 0. The minimum atomic E-state index is -0.956. The Balaban J connectivity index is 1.82. The average molecular weight is 284 g/mol. The molecular formula is C14H24N2O4. The van der Waals surface area contributed by atoms with Crippen molar-refractivity contribution in [3.05, 3.63) is 0 Å². The second kappa shape index (κ2) is 5.60. The number of urea groups is 1. The van der Waals surface area contributed by atoms with Crippen LogP contribution >= 0.6 is 0 Å². The first-order chi connectivity index (χ1) is 9.36. The highest BCUT2D eigenvalue weighted by molar-refractivity contribution is 5.83. The third-order valence-corrected chi connectivity index (χ3v) is 4.50. The largest absolute Gasteiger partial charge is 0.480 e. The molecule has 2 aliphatic carbocycles. The lowest BCUT2D eigenvalue weighted by Gasteiger charge is -2.51. The molecule has 2 rings (SSSR count). The molecule has 0 heterocycles.